The molecular weight excluding hydrogens is 344 g/mol. The Morgan fingerprint density at radius 3 is 2.63 bits per heavy atom. The van der Waals surface area contributed by atoms with Crippen LogP contribution in [-0.2, 0) is 17.9 Å². The first kappa shape index (κ1) is 20.2. The smallest absolute Gasteiger partial charge is 0.330 e. The Bertz CT molecular complexity index is 900. The molecule has 0 bridgehead atoms. The summed E-state index contributed by atoms with van der Waals surface area (Å²) in [6.07, 6.45) is 3.93. The van der Waals surface area contributed by atoms with Gasteiger partial charge < -0.3 is 10.6 Å². The summed E-state index contributed by atoms with van der Waals surface area (Å²) < 4.78 is 1.32. The molecule has 7 nitrogen and oxygen atoms in total. The Labute approximate surface area is 158 Å². The molecule has 0 atom stereocenters. The van der Waals surface area contributed by atoms with Crippen LogP contribution < -0.4 is 21.9 Å². The molecule has 27 heavy (non-hydrogen) atoms. The maximum atomic E-state index is 12.8. The lowest BCUT2D eigenvalue weighted by Gasteiger charge is -2.24. The average molecular weight is 370 g/mol. The van der Waals surface area contributed by atoms with Crippen LogP contribution in [0.25, 0.3) is 0 Å². The molecule has 0 fully saturated rings. The number of aromatic nitrogens is 2. The van der Waals surface area contributed by atoms with Gasteiger partial charge in [-0.25, -0.2) is 4.79 Å². The molecule has 144 valence electrons. The zero-order valence-corrected chi connectivity index (χ0v) is 15.6. The van der Waals surface area contributed by atoms with Gasteiger partial charge in [0, 0.05) is 13.0 Å². The first-order valence-electron chi connectivity index (χ1n) is 9.07. The lowest BCUT2D eigenvalue weighted by Crippen LogP contribution is -2.40. The Morgan fingerprint density at radius 1 is 1.30 bits per heavy atom. The van der Waals surface area contributed by atoms with Gasteiger partial charge in [-0.1, -0.05) is 49.8 Å². The fourth-order valence-electron chi connectivity index (χ4n) is 2.79. The number of allylic oxidation sites excluding steroid dienone is 1. The number of nitrogens with two attached hydrogens (primary N) is 1. The number of nitrogen functional groups attached to an aromatic ring is 1. The van der Waals surface area contributed by atoms with Crippen LogP contribution in [0.15, 0.2) is 52.6 Å². The van der Waals surface area contributed by atoms with Gasteiger partial charge in [0.25, 0.3) is 5.56 Å². The molecule has 7 heteroatoms. The van der Waals surface area contributed by atoms with Crippen molar-refractivity contribution in [3.05, 3.63) is 69.4 Å². The van der Waals surface area contributed by atoms with Crippen molar-refractivity contribution in [3.8, 4) is 0 Å². The highest BCUT2D eigenvalue weighted by Crippen LogP contribution is 2.21. The van der Waals surface area contributed by atoms with Gasteiger partial charge in [-0.3, -0.25) is 19.1 Å². The molecule has 1 aromatic carbocycles. The minimum Gasteiger partial charge on any atom is -0.383 e. The van der Waals surface area contributed by atoms with Crippen molar-refractivity contribution < 1.29 is 4.79 Å². The molecule has 0 aliphatic rings. The third-order valence-corrected chi connectivity index (χ3v) is 4.27. The Hall–Kier alpha value is -3.09. The molecule has 0 spiro atoms. The number of benzene rings is 1. The summed E-state index contributed by atoms with van der Waals surface area (Å²) in [7, 11) is 0. The van der Waals surface area contributed by atoms with Crippen molar-refractivity contribution in [3.63, 3.8) is 0 Å². The summed E-state index contributed by atoms with van der Waals surface area (Å²) in [5.41, 5.74) is 5.83. The quantitative estimate of drug-likeness (QED) is 0.662. The monoisotopic (exact) mass is 370 g/mol. The standard InChI is InChI=1S/C20H26N4O3/c1-3-5-12-16(25)24(14-15-10-8-7-9-11-15)17-18(21)23(13-6-4-2)20(27)22-19(17)26/h3,7-11H,1,4-6,12-14,21H2,2H3,(H,22,26,27). The van der Waals surface area contributed by atoms with E-state index in [-0.39, 0.29) is 30.4 Å². The molecule has 0 radical (unpaired) electrons. The van der Waals surface area contributed by atoms with Crippen molar-refractivity contribution in [1.29, 1.82) is 0 Å². The highest BCUT2D eigenvalue weighted by molar-refractivity contribution is 5.95. The van der Waals surface area contributed by atoms with Crippen LogP contribution in [0, 0.1) is 0 Å². The van der Waals surface area contributed by atoms with Crippen LogP contribution in [0.3, 0.4) is 0 Å². The number of carbonyl (C=O) groups is 1. The molecule has 1 amide bonds. The number of aromatic amines is 1. The van der Waals surface area contributed by atoms with Crippen LogP contribution in [0.5, 0.6) is 0 Å². The number of unbranched alkanes of at least 4 members (excludes halogenated alkanes) is 1. The molecule has 3 N–H and O–H groups in total. The van der Waals surface area contributed by atoms with Gasteiger partial charge in [0.15, 0.2) is 5.69 Å². The highest BCUT2D eigenvalue weighted by atomic mass is 16.2. The lowest BCUT2D eigenvalue weighted by atomic mass is 10.2. The van der Waals surface area contributed by atoms with Crippen LogP contribution in [-0.4, -0.2) is 15.5 Å². The summed E-state index contributed by atoms with van der Waals surface area (Å²) in [5, 5.41) is 0. The predicted octanol–water partition coefficient (Wildman–Crippen LogP) is 2.42. The number of anilines is 2. The third kappa shape index (κ3) is 4.97. The first-order valence-corrected chi connectivity index (χ1v) is 9.07. The van der Waals surface area contributed by atoms with E-state index in [4.69, 9.17) is 5.73 Å². The molecule has 2 rings (SSSR count). The number of nitrogens with one attached hydrogen (secondary N) is 1. The number of H-pyrrole nitrogens is 1. The fraction of sp³-hybridized carbons (Fsp3) is 0.350. The van der Waals surface area contributed by atoms with Crippen molar-refractivity contribution in [2.24, 2.45) is 0 Å². The number of hydrogen-bond acceptors (Lipinski definition) is 4. The van der Waals surface area contributed by atoms with E-state index in [1.165, 1.54) is 9.47 Å². The van der Waals surface area contributed by atoms with Crippen LogP contribution in [0.4, 0.5) is 11.5 Å². The molecule has 0 saturated carbocycles. The number of rotatable bonds is 9. The van der Waals surface area contributed by atoms with E-state index in [0.29, 0.717) is 13.0 Å². The van der Waals surface area contributed by atoms with Crippen LogP contribution >= 0.6 is 0 Å². The molecule has 2 aromatic rings. The van der Waals surface area contributed by atoms with E-state index in [1.807, 2.05) is 37.3 Å². The summed E-state index contributed by atoms with van der Waals surface area (Å²) in [6, 6.07) is 9.32. The van der Waals surface area contributed by atoms with Gasteiger partial charge in [-0.15, -0.1) is 6.58 Å². The zero-order valence-electron chi connectivity index (χ0n) is 15.6. The van der Waals surface area contributed by atoms with Crippen LogP contribution in [0.1, 0.15) is 38.2 Å². The van der Waals surface area contributed by atoms with Crippen molar-refractivity contribution in [2.75, 3.05) is 10.6 Å². The van der Waals surface area contributed by atoms with E-state index in [2.05, 4.69) is 11.6 Å². The molecular formula is C20H26N4O3. The van der Waals surface area contributed by atoms with Crippen molar-refractivity contribution in [1.82, 2.24) is 9.55 Å². The lowest BCUT2D eigenvalue weighted by molar-refractivity contribution is -0.118. The Morgan fingerprint density at radius 2 is 2.00 bits per heavy atom. The summed E-state index contributed by atoms with van der Waals surface area (Å²) in [4.78, 5) is 41.1. The second kappa shape index (κ2) is 9.56. The molecule has 1 heterocycles. The minimum absolute atomic E-state index is 0.0140. The SMILES string of the molecule is C=CCCC(=O)N(Cc1ccccc1)c1c(N)n(CCCC)c(=O)[nH]c1=O. The predicted molar refractivity (Wildman–Crippen MR) is 108 cm³/mol. The second-order valence-corrected chi connectivity index (χ2v) is 6.29. The van der Waals surface area contributed by atoms with Crippen molar-refractivity contribution >= 4 is 17.4 Å². The van der Waals surface area contributed by atoms with Gasteiger partial charge in [0.2, 0.25) is 5.91 Å². The third-order valence-electron chi connectivity index (χ3n) is 4.27. The summed E-state index contributed by atoms with van der Waals surface area (Å²) in [6.45, 7) is 6.20. The fourth-order valence-corrected chi connectivity index (χ4v) is 2.79. The summed E-state index contributed by atoms with van der Waals surface area (Å²) in [5.74, 6) is -0.239. The van der Waals surface area contributed by atoms with Gasteiger partial charge in [0.05, 0.1) is 6.54 Å². The average Bonchev–Trinajstić information content (AvgIpc) is 2.65. The van der Waals surface area contributed by atoms with Gasteiger partial charge in [-0.2, -0.15) is 0 Å². The zero-order chi connectivity index (χ0) is 19.8. The van der Waals surface area contributed by atoms with E-state index >= 15 is 0 Å². The van der Waals surface area contributed by atoms with E-state index in [0.717, 1.165) is 18.4 Å². The van der Waals surface area contributed by atoms with Gasteiger partial charge in [-0.05, 0) is 18.4 Å². The second-order valence-electron chi connectivity index (χ2n) is 6.29. The van der Waals surface area contributed by atoms with E-state index < -0.39 is 11.2 Å². The molecule has 0 saturated heterocycles. The Balaban J connectivity index is 2.53. The van der Waals surface area contributed by atoms with E-state index in [1.54, 1.807) is 6.08 Å². The van der Waals surface area contributed by atoms with Crippen LogP contribution in [0.2, 0.25) is 0 Å². The largest absolute Gasteiger partial charge is 0.383 e. The van der Waals surface area contributed by atoms with Gasteiger partial charge in [0.1, 0.15) is 5.82 Å². The minimum atomic E-state index is -0.659. The van der Waals surface area contributed by atoms with Gasteiger partial charge >= 0.3 is 5.69 Å². The number of hydrogen-bond donors (Lipinski definition) is 2. The molecule has 0 unspecified atom stereocenters. The number of nitrogens with zero attached hydrogens (tertiary/aromatic N) is 2. The van der Waals surface area contributed by atoms with Crippen molar-refractivity contribution in [2.45, 2.75) is 45.7 Å². The maximum absolute atomic E-state index is 12.8. The summed E-state index contributed by atoms with van der Waals surface area (Å²) >= 11 is 0. The number of amides is 1. The molecule has 0 aliphatic carbocycles. The normalized spacial score (nSPS) is 10.6. The maximum Gasteiger partial charge on any atom is 0.330 e. The first-order chi connectivity index (χ1) is 13.0. The van der Waals surface area contributed by atoms with E-state index in [9.17, 15) is 14.4 Å². The number of carbonyl (C=O) groups excluding carboxylic acids is 1. The molecule has 1 aromatic heterocycles. The molecule has 0 aliphatic heterocycles. The Kier molecular flexibility index (Phi) is 7.16. The topological polar surface area (TPSA) is 101 Å². The highest BCUT2D eigenvalue weighted by Gasteiger charge is 2.24.